The molecule has 2 N–H and O–H groups in total. The second kappa shape index (κ2) is 7.81. The number of fused-ring (bicyclic) bond motifs is 2. The number of nitrogens with one attached hydrogen (secondary N) is 2. The van der Waals surface area contributed by atoms with Gasteiger partial charge in [0.25, 0.3) is 5.91 Å². The summed E-state index contributed by atoms with van der Waals surface area (Å²) in [7, 11) is 1.82. The Labute approximate surface area is 190 Å². The van der Waals surface area contributed by atoms with Crippen molar-refractivity contribution in [3.8, 4) is 10.6 Å². The van der Waals surface area contributed by atoms with Gasteiger partial charge in [-0.05, 0) is 42.6 Å². The Hall–Kier alpha value is -3.63. The number of carbonyl (C=O) groups is 2. The van der Waals surface area contributed by atoms with Crippen LogP contribution in [-0.4, -0.2) is 31.6 Å². The number of amides is 2. The highest BCUT2D eigenvalue weighted by Crippen LogP contribution is 2.32. The van der Waals surface area contributed by atoms with Crippen molar-refractivity contribution in [2.24, 2.45) is 7.05 Å². The Balaban J connectivity index is 1.54. The zero-order chi connectivity index (χ0) is 22.4. The summed E-state index contributed by atoms with van der Waals surface area (Å²) >= 11 is 2.92. The molecule has 0 radical (unpaired) electrons. The number of hydrogen-bond donors (Lipinski definition) is 2. The molecule has 0 aliphatic carbocycles. The molecule has 0 saturated carbocycles. The van der Waals surface area contributed by atoms with Gasteiger partial charge in [-0.3, -0.25) is 19.6 Å². The summed E-state index contributed by atoms with van der Waals surface area (Å²) in [5, 5.41) is 13.3. The maximum Gasteiger partial charge on any atom is 0.258 e. The van der Waals surface area contributed by atoms with E-state index in [0.29, 0.717) is 22.0 Å². The van der Waals surface area contributed by atoms with Crippen LogP contribution in [-0.2, 0) is 11.8 Å². The van der Waals surface area contributed by atoms with E-state index in [9.17, 15) is 9.59 Å². The minimum Gasteiger partial charge on any atom is -0.326 e. The minimum atomic E-state index is -0.271. The summed E-state index contributed by atoms with van der Waals surface area (Å²) < 4.78 is 2.56. The Morgan fingerprint density at radius 2 is 1.94 bits per heavy atom. The van der Waals surface area contributed by atoms with Crippen LogP contribution in [0.15, 0.2) is 41.8 Å². The van der Waals surface area contributed by atoms with E-state index in [1.54, 1.807) is 28.2 Å². The standard InChI is InChI=1S/C22H18N6O2S2/c1-11-19-14(10-16(17-5-4-8-31-17)24-20(19)28(3)27-11)21(30)26-22-25-15-7-6-13(23-12(2)29)9-18(15)32-22/h4-10H,1-3H3,(H,23,29)(H,25,26,30). The Kier molecular flexibility index (Phi) is 4.95. The first-order valence-corrected chi connectivity index (χ1v) is 11.5. The largest absolute Gasteiger partial charge is 0.326 e. The Morgan fingerprint density at radius 3 is 2.69 bits per heavy atom. The molecular formula is C22H18N6O2S2. The zero-order valence-electron chi connectivity index (χ0n) is 17.5. The van der Waals surface area contributed by atoms with Gasteiger partial charge in [-0.2, -0.15) is 5.10 Å². The number of aryl methyl sites for hydroxylation is 2. The molecule has 4 heterocycles. The van der Waals surface area contributed by atoms with Gasteiger partial charge in [-0.1, -0.05) is 17.4 Å². The Bertz CT molecular complexity index is 1500. The van der Waals surface area contributed by atoms with E-state index < -0.39 is 0 Å². The summed E-state index contributed by atoms with van der Waals surface area (Å²) in [4.78, 5) is 34.9. The van der Waals surface area contributed by atoms with Gasteiger partial charge in [-0.15, -0.1) is 11.3 Å². The van der Waals surface area contributed by atoms with E-state index in [-0.39, 0.29) is 11.8 Å². The molecule has 0 saturated heterocycles. The lowest BCUT2D eigenvalue weighted by Crippen LogP contribution is -2.13. The summed E-state index contributed by atoms with van der Waals surface area (Å²) in [5.74, 6) is -0.412. The van der Waals surface area contributed by atoms with Gasteiger partial charge in [0.1, 0.15) is 0 Å². The van der Waals surface area contributed by atoms with Crippen LogP contribution in [0.3, 0.4) is 0 Å². The van der Waals surface area contributed by atoms with Crippen molar-refractivity contribution in [3.05, 3.63) is 53.0 Å². The predicted molar refractivity (Wildman–Crippen MR) is 128 cm³/mol. The molecule has 0 aliphatic rings. The van der Waals surface area contributed by atoms with E-state index >= 15 is 0 Å². The van der Waals surface area contributed by atoms with E-state index in [2.05, 4.69) is 20.7 Å². The molecule has 4 aromatic heterocycles. The van der Waals surface area contributed by atoms with Crippen LogP contribution in [0.1, 0.15) is 23.0 Å². The number of carbonyl (C=O) groups excluding carboxylic acids is 2. The first-order chi connectivity index (χ1) is 15.4. The van der Waals surface area contributed by atoms with Gasteiger partial charge in [0.2, 0.25) is 5.91 Å². The van der Waals surface area contributed by atoms with Crippen molar-refractivity contribution >= 4 is 66.6 Å². The highest BCUT2D eigenvalue weighted by atomic mass is 32.1. The molecule has 0 fully saturated rings. The van der Waals surface area contributed by atoms with Crippen LogP contribution in [0.2, 0.25) is 0 Å². The molecule has 0 spiro atoms. The number of thiophene rings is 1. The van der Waals surface area contributed by atoms with E-state index in [4.69, 9.17) is 4.98 Å². The van der Waals surface area contributed by atoms with Crippen LogP contribution >= 0.6 is 22.7 Å². The molecule has 2 amide bonds. The van der Waals surface area contributed by atoms with Crippen molar-refractivity contribution in [2.75, 3.05) is 10.6 Å². The first kappa shape index (κ1) is 20.3. The van der Waals surface area contributed by atoms with Crippen LogP contribution in [0, 0.1) is 6.92 Å². The maximum atomic E-state index is 13.3. The van der Waals surface area contributed by atoms with Crippen molar-refractivity contribution in [1.82, 2.24) is 19.7 Å². The molecule has 160 valence electrons. The van der Waals surface area contributed by atoms with Crippen LogP contribution in [0.25, 0.3) is 31.8 Å². The lowest BCUT2D eigenvalue weighted by atomic mass is 10.1. The van der Waals surface area contributed by atoms with Crippen LogP contribution in [0.5, 0.6) is 0 Å². The zero-order valence-corrected chi connectivity index (χ0v) is 19.1. The van der Waals surface area contributed by atoms with Gasteiger partial charge in [0.15, 0.2) is 10.8 Å². The lowest BCUT2D eigenvalue weighted by molar-refractivity contribution is -0.114. The fourth-order valence-corrected chi connectivity index (χ4v) is 5.18. The van der Waals surface area contributed by atoms with Gasteiger partial charge < -0.3 is 5.32 Å². The van der Waals surface area contributed by atoms with Crippen LogP contribution < -0.4 is 10.6 Å². The average molecular weight is 463 g/mol. The molecule has 0 atom stereocenters. The molecule has 1 aromatic carbocycles. The third-order valence-electron chi connectivity index (χ3n) is 4.92. The molecule has 5 rings (SSSR count). The normalized spacial score (nSPS) is 11.2. The molecule has 0 bridgehead atoms. The second-order valence-electron chi connectivity index (χ2n) is 7.28. The summed E-state index contributed by atoms with van der Waals surface area (Å²) in [6.45, 7) is 3.33. The van der Waals surface area contributed by atoms with Crippen molar-refractivity contribution in [2.45, 2.75) is 13.8 Å². The number of nitrogens with zero attached hydrogens (tertiary/aromatic N) is 4. The third kappa shape index (κ3) is 3.63. The monoisotopic (exact) mass is 462 g/mol. The van der Waals surface area contributed by atoms with Gasteiger partial charge in [0, 0.05) is 19.7 Å². The third-order valence-corrected chi connectivity index (χ3v) is 6.74. The fraction of sp³-hybridized carbons (Fsp3) is 0.136. The molecule has 32 heavy (non-hydrogen) atoms. The summed E-state index contributed by atoms with van der Waals surface area (Å²) in [5.41, 5.74) is 4.06. The molecule has 10 heteroatoms. The van der Waals surface area contributed by atoms with Crippen molar-refractivity contribution in [1.29, 1.82) is 0 Å². The SMILES string of the molecule is CC(=O)Nc1ccc2nc(NC(=O)c3cc(-c4cccs4)nc4c3c(C)nn4C)sc2c1. The second-order valence-corrected chi connectivity index (χ2v) is 9.26. The molecule has 5 aromatic rings. The predicted octanol–water partition coefficient (Wildman–Crippen LogP) is 4.83. The summed E-state index contributed by atoms with van der Waals surface area (Å²) in [6.07, 6.45) is 0. The smallest absolute Gasteiger partial charge is 0.258 e. The number of rotatable bonds is 4. The van der Waals surface area contributed by atoms with E-state index in [0.717, 1.165) is 31.9 Å². The topological polar surface area (TPSA) is 102 Å². The molecule has 8 nitrogen and oxygen atoms in total. The molecule has 0 unspecified atom stereocenters. The highest BCUT2D eigenvalue weighted by Gasteiger charge is 2.20. The molecule has 0 aliphatic heterocycles. The highest BCUT2D eigenvalue weighted by molar-refractivity contribution is 7.22. The molecular weight excluding hydrogens is 444 g/mol. The number of aromatic nitrogens is 4. The first-order valence-electron chi connectivity index (χ1n) is 9.77. The van der Waals surface area contributed by atoms with Crippen molar-refractivity contribution < 1.29 is 9.59 Å². The van der Waals surface area contributed by atoms with Crippen LogP contribution in [0.4, 0.5) is 10.8 Å². The van der Waals surface area contributed by atoms with Crippen molar-refractivity contribution in [3.63, 3.8) is 0 Å². The van der Waals surface area contributed by atoms with E-state index in [1.807, 2.05) is 43.6 Å². The maximum absolute atomic E-state index is 13.3. The van der Waals surface area contributed by atoms with E-state index in [1.165, 1.54) is 18.3 Å². The van der Waals surface area contributed by atoms with Gasteiger partial charge in [0.05, 0.1) is 37.4 Å². The lowest BCUT2D eigenvalue weighted by Gasteiger charge is -2.07. The fourth-order valence-electron chi connectivity index (χ4n) is 3.60. The Morgan fingerprint density at radius 1 is 1.09 bits per heavy atom. The summed E-state index contributed by atoms with van der Waals surface area (Å²) in [6, 6.07) is 11.2. The number of anilines is 2. The van der Waals surface area contributed by atoms with Gasteiger partial charge in [-0.25, -0.2) is 9.97 Å². The number of benzene rings is 1. The minimum absolute atomic E-state index is 0.141. The number of hydrogen-bond acceptors (Lipinski definition) is 7. The quantitative estimate of drug-likeness (QED) is 0.398. The number of thiazole rings is 1. The average Bonchev–Trinajstić information content (AvgIpc) is 3.46. The number of pyridine rings is 1. The van der Waals surface area contributed by atoms with Gasteiger partial charge >= 0.3 is 0 Å².